The Kier molecular flexibility index (Phi) is 1.73. The van der Waals surface area contributed by atoms with E-state index in [1.807, 2.05) is 6.07 Å². The predicted octanol–water partition coefficient (Wildman–Crippen LogP) is 1.05. The Bertz CT molecular complexity index is 519. The molecule has 0 aliphatic carbocycles. The summed E-state index contributed by atoms with van der Waals surface area (Å²) in [6, 6.07) is 5.20. The number of phenolic OH excluding ortho intramolecular Hbond substituents is 1. The van der Waals surface area contributed by atoms with Crippen LogP contribution in [0.5, 0.6) is 5.75 Å². The van der Waals surface area contributed by atoms with Gasteiger partial charge < -0.3 is 14.8 Å². The topological polar surface area (TPSA) is 58.3 Å². The van der Waals surface area contributed by atoms with Crippen LogP contribution < -0.4 is 0 Å². The van der Waals surface area contributed by atoms with Crippen LogP contribution in [0.2, 0.25) is 0 Å². The number of fused-ring (bicyclic) bond motifs is 3. The summed E-state index contributed by atoms with van der Waals surface area (Å²) < 4.78 is 2.11. The lowest BCUT2D eigenvalue weighted by Gasteiger charge is -2.19. The largest absolute Gasteiger partial charge is 0.508 e. The average Bonchev–Trinajstić information content (AvgIpc) is 2.53. The molecule has 0 fully saturated rings. The van der Waals surface area contributed by atoms with E-state index in [-0.39, 0.29) is 11.9 Å². The Balaban J connectivity index is 2.23. The standard InChI is InChI=1S/C11H12N2O2/c14-7-1-2-10-9(5-7)12-11-6-8(15)3-4-13(10)11/h1-2,5,8,14-15H,3-4,6H2. The van der Waals surface area contributed by atoms with Gasteiger partial charge in [0.2, 0.25) is 0 Å². The molecule has 0 bridgehead atoms. The molecule has 4 nitrogen and oxygen atoms in total. The summed E-state index contributed by atoms with van der Waals surface area (Å²) in [6.07, 6.45) is 1.11. The van der Waals surface area contributed by atoms with Crippen molar-refractivity contribution in [1.82, 2.24) is 9.55 Å². The molecular weight excluding hydrogens is 192 g/mol. The first-order chi connectivity index (χ1) is 7.24. The van der Waals surface area contributed by atoms with Crippen LogP contribution in [0.25, 0.3) is 11.0 Å². The van der Waals surface area contributed by atoms with E-state index in [9.17, 15) is 10.2 Å². The average molecular weight is 204 g/mol. The van der Waals surface area contributed by atoms with Crippen LogP contribution in [-0.2, 0) is 13.0 Å². The number of rotatable bonds is 0. The number of aliphatic hydroxyl groups is 1. The number of hydrogen-bond acceptors (Lipinski definition) is 3. The maximum Gasteiger partial charge on any atom is 0.117 e. The van der Waals surface area contributed by atoms with E-state index in [2.05, 4.69) is 9.55 Å². The highest BCUT2D eigenvalue weighted by atomic mass is 16.3. The summed E-state index contributed by atoms with van der Waals surface area (Å²) in [6.45, 7) is 0.803. The van der Waals surface area contributed by atoms with Gasteiger partial charge in [-0.2, -0.15) is 0 Å². The molecule has 1 aliphatic rings. The van der Waals surface area contributed by atoms with Crippen molar-refractivity contribution in [2.75, 3.05) is 0 Å². The van der Waals surface area contributed by atoms with Crippen LogP contribution in [0.3, 0.4) is 0 Å². The number of phenols is 1. The van der Waals surface area contributed by atoms with Gasteiger partial charge in [0, 0.05) is 19.0 Å². The lowest BCUT2D eigenvalue weighted by Crippen LogP contribution is -2.23. The molecule has 1 atom stereocenters. The van der Waals surface area contributed by atoms with E-state index in [0.717, 1.165) is 29.8 Å². The van der Waals surface area contributed by atoms with E-state index >= 15 is 0 Å². The molecule has 0 spiro atoms. The fourth-order valence-corrected chi connectivity index (χ4v) is 2.16. The number of hydrogen-bond donors (Lipinski definition) is 2. The van der Waals surface area contributed by atoms with Crippen molar-refractivity contribution in [3.8, 4) is 5.75 Å². The van der Waals surface area contributed by atoms with Gasteiger partial charge >= 0.3 is 0 Å². The van der Waals surface area contributed by atoms with Gasteiger partial charge in [-0.05, 0) is 18.6 Å². The van der Waals surface area contributed by atoms with Crippen LogP contribution in [0.4, 0.5) is 0 Å². The zero-order chi connectivity index (χ0) is 10.4. The molecule has 1 aromatic heterocycles. The maximum atomic E-state index is 9.53. The minimum absolute atomic E-state index is 0.235. The summed E-state index contributed by atoms with van der Waals surface area (Å²) in [7, 11) is 0. The van der Waals surface area contributed by atoms with Gasteiger partial charge in [-0.1, -0.05) is 0 Å². The van der Waals surface area contributed by atoms with E-state index in [1.165, 1.54) is 0 Å². The van der Waals surface area contributed by atoms with E-state index < -0.39 is 0 Å². The second-order valence-corrected chi connectivity index (χ2v) is 4.00. The molecule has 0 amide bonds. The highest BCUT2D eigenvalue weighted by molar-refractivity contribution is 5.77. The molecule has 15 heavy (non-hydrogen) atoms. The van der Waals surface area contributed by atoms with Gasteiger partial charge in [0.25, 0.3) is 0 Å². The molecule has 0 saturated heterocycles. The lowest BCUT2D eigenvalue weighted by atomic mass is 10.1. The fraction of sp³-hybridized carbons (Fsp3) is 0.364. The quantitative estimate of drug-likeness (QED) is 0.674. The highest BCUT2D eigenvalue weighted by Gasteiger charge is 2.19. The maximum absolute atomic E-state index is 9.53. The smallest absolute Gasteiger partial charge is 0.117 e. The molecule has 4 heteroatoms. The normalized spacial score (nSPS) is 20.5. The van der Waals surface area contributed by atoms with Gasteiger partial charge in [-0.25, -0.2) is 4.98 Å². The summed E-state index contributed by atoms with van der Waals surface area (Å²) in [5, 5.41) is 18.9. The molecule has 0 saturated carbocycles. The highest BCUT2D eigenvalue weighted by Crippen LogP contribution is 2.24. The molecule has 0 radical (unpaired) electrons. The number of aliphatic hydroxyl groups excluding tert-OH is 1. The van der Waals surface area contributed by atoms with Crippen molar-refractivity contribution >= 4 is 11.0 Å². The lowest BCUT2D eigenvalue weighted by molar-refractivity contribution is 0.142. The monoisotopic (exact) mass is 204 g/mol. The molecule has 1 aliphatic heterocycles. The van der Waals surface area contributed by atoms with E-state index in [0.29, 0.717) is 6.42 Å². The second kappa shape index (κ2) is 2.97. The summed E-state index contributed by atoms with van der Waals surface area (Å²) >= 11 is 0. The Morgan fingerprint density at radius 1 is 1.40 bits per heavy atom. The van der Waals surface area contributed by atoms with Crippen molar-refractivity contribution < 1.29 is 10.2 Å². The summed E-state index contributed by atoms with van der Waals surface area (Å²) in [4.78, 5) is 4.41. The van der Waals surface area contributed by atoms with Crippen molar-refractivity contribution in [2.45, 2.75) is 25.5 Å². The molecule has 3 rings (SSSR count). The van der Waals surface area contributed by atoms with E-state index in [4.69, 9.17) is 0 Å². The fourth-order valence-electron chi connectivity index (χ4n) is 2.16. The molecule has 1 aromatic carbocycles. The van der Waals surface area contributed by atoms with Crippen LogP contribution in [0, 0.1) is 0 Å². The van der Waals surface area contributed by atoms with E-state index in [1.54, 1.807) is 12.1 Å². The molecule has 78 valence electrons. The first-order valence-corrected chi connectivity index (χ1v) is 5.10. The Morgan fingerprint density at radius 2 is 2.27 bits per heavy atom. The Hall–Kier alpha value is -1.55. The number of aromatic nitrogens is 2. The summed E-state index contributed by atoms with van der Waals surface area (Å²) in [5.41, 5.74) is 1.84. The number of imidazole rings is 1. The third kappa shape index (κ3) is 1.29. The first kappa shape index (κ1) is 8.73. The Morgan fingerprint density at radius 3 is 3.13 bits per heavy atom. The molecule has 1 unspecified atom stereocenters. The third-order valence-corrected chi connectivity index (χ3v) is 2.92. The van der Waals surface area contributed by atoms with Gasteiger partial charge in [0.1, 0.15) is 11.6 Å². The van der Waals surface area contributed by atoms with Gasteiger partial charge in [-0.3, -0.25) is 0 Å². The van der Waals surface area contributed by atoms with Crippen molar-refractivity contribution in [1.29, 1.82) is 0 Å². The minimum Gasteiger partial charge on any atom is -0.508 e. The minimum atomic E-state index is -0.275. The van der Waals surface area contributed by atoms with Crippen molar-refractivity contribution in [2.24, 2.45) is 0 Å². The zero-order valence-electron chi connectivity index (χ0n) is 8.22. The number of aryl methyl sites for hydroxylation is 1. The SMILES string of the molecule is Oc1ccc2c(c1)nc1n2CCC(O)C1. The van der Waals surface area contributed by atoms with Crippen molar-refractivity contribution in [3.05, 3.63) is 24.0 Å². The number of nitrogens with zero attached hydrogens (tertiary/aromatic N) is 2. The third-order valence-electron chi connectivity index (χ3n) is 2.92. The van der Waals surface area contributed by atoms with Crippen LogP contribution in [0.1, 0.15) is 12.2 Å². The number of aromatic hydroxyl groups is 1. The Labute approximate surface area is 86.8 Å². The predicted molar refractivity (Wildman–Crippen MR) is 55.7 cm³/mol. The van der Waals surface area contributed by atoms with Crippen molar-refractivity contribution in [3.63, 3.8) is 0 Å². The molecule has 2 aromatic rings. The van der Waals surface area contributed by atoms with Gasteiger partial charge in [0.05, 0.1) is 17.1 Å². The second-order valence-electron chi connectivity index (χ2n) is 4.00. The zero-order valence-corrected chi connectivity index (χ0v) is 8.22. The molecule has 2 N–H and O–H groups in total. The van der Waals surface area contributed by atoms with Crippen LogP contribution in [-0.4, -0.2) is 25.9 Å². The van der Waals surface area contributed by atoms with Gasteiger partial charge in [-0.15, -0.1) is 0 Å². The summed E-state index contributed by atoms with van der Waals surface area (Å²) in [5.74, 6) is 1.15. The van der Waals surface area contributed by atoms with Gasteiger partial charge in [0.15, 0.2) is 0 Å². The van der Waals surface area contributed by atoms with Crippen LogP contribution >= 0.6 is 0 Å². The number of benzene rings is 1. The molecule has 2 heterocycles. The first-order valence-electron chi connectivity index (χ1n) is 5.10. The van der Waals surface area contributed by atoms with Crippen LogP contribution in [0.15, 0.2) is 18.2 Å². The molecular formula is C11H12N2O2.